The Morgan fingerprint density at radius 2 is 2.20 bits per heavy atom. The molecule has 4 heteroatoms. The van der Waals surface area contributed by atoms with Crippen molar-refractivity contribution in [2.24, 2.45) is 0 Å². The largest absolute Gasteiger partial charge is 0.394 e. The molecule has 1 aromatic rings. The van der Waals surface area contributed by atoms with Crippen LogP contribution < -0.4 is 5.32 Å². The fraction of sp³-hybridized carbons (Fsp3) is 0.455. The van der Waals surface area contributed by atoms with Crippen molar-refractivity contribution in [3.63, 3.8) is 0 Å². The molecule has 0 aliphatic heterocycles. The minimum Gasteiger partial charge on any atom is -0.394 e. The maximum Gasteiger partial charge on any atom is 0.137 e. The van der Waals surface area contributed by atoms with E-state index in [2.05, 4.69) is 21.2 Å². The molecule has 0 saturated heterocycles. The molecule has 1 aliphatic carbocycles. The molecule has 2 nitrogen and oxygen atoms in total. The lowest BCUT2D eigenvalue weighted by Crippen LogP contribution is -2.34. The third-order valence-electron chi connectivity index (χ3n) is 2.81. The molecular formula is C11H13BrFNO. The van der Waals surface area contributed by atoms with Crippen LogP contribution in [-0.4, -0.2) is 17.3 Å². The molecule has 0 radical (unpaired) electrons. The van der Waals surface area contributed by atoms with E-state index in [4.69, 9.17) is 5.11 Å². The van der Waals surface area contributed by atoms with Crippen molar-refractivity contribution < 1.29 is 9.50 Å². The van der Waals surface area contributed by atoms with E-state index >= 15 is 0 Å². The molecule has 1 fully saturated rings. The van der Waals surface area contributed by atoms with E-state index in [1.807, 2.05) is 6.07 Å². The molecule has 1 saturated carbocycles. The van der Waals surface area contributed by atoms with E-state index in [0.29, 0.717) is 11.0 Å². The van der Waals surface area contributed by atoms with Gasteiger partial charge in [-0.1, -0.05) is 6.07 Å². The summed E-state index contributed by atoms with van der Waals surface area (Å²) in [7, 11) is 0. The first-order valence-corrected chi connectivity index (χ1v) is 5.74. The second kappa shape index (κ2) is 4.20. The summed E-state index contributed by atoms with van der Waals surface area (Å²) in [5, 5.41) is 12.3. The molecule has 0 unspecified atom stereocenters. The van der Waals surface area contributed by atoms with Crippen LogP contribution in [0.5, 0.6) is 0 Å². The predicted molar refractivity (Wildman–Crippen MR) is 60.0 cm³/mol. The molecular weight excluding hydrogens is 261 g/mol. The Hall–Kier alpha value is -0.450. The Labute approximate surface area is 96.6 Å². The number of hydrogen-bond donors (Lipinski definition) is 2. The van der Waals surface area contributed by atoms with Crippen LogP contribution in [0.4, 0.5) is 4.39 Å². The standard InChI is InChI=1S/C11H13BrFNO/c12-9-2-1-8(5-10(9)13)6-14-11(7-15)3-4-11/h1-2,5,14-15H,3-4,6-7H2. The van der Waals surface area contributed by atoms with Gasteiger partial charge in [-0.25, -0.2) is 4.39 Å². The van der Waals surface area contributed by atoms with Gasteiger partial charge in [-0.05, 0) is 46.5 Å². The number of aliphatic hydroxyl groups excluding tert-OH is 1. The lowest BCUT2D eigenvalue weighted by atomic mass is 10.2. The van der Waals surface area contributed by atoms with Crippen LogP contribution in [-0.2, 0) is 6.54 Å². The minimum absolute atomic E-state index is 0.0937. The molecule has 0 atom stereocenters. The Bertz CT molecular complexity index is 366. The summed E-state index contributed by atoms with van der Waals surface area (Å²) in [5.74, 6) is -0.247. The van der Waals surface area contributed by atoms with E-state index in [-0.39, 0.29) is 18.0 Å². The van der Waals surface area contributed by atoms with Crippen molar-refractivity contribution in [3.05, 3.63) is 34.1 Å². The van der Waals surface area contributed by atoms with Crippen molar-refractivity contribution in [2.45, 2.75) is 24.9 Å². The monoisotopic (exact) mass is 273 g/mol. The van der Waals surface area contributed by atoms with E-state index in [0.717, 1.165) is 18.4 Å². The van der Waals surface area contributed by atoms with Crippen LogP contribution in [0.1, 0.15) is 18.4 Å². The summed E-state index contributed by atoms with van der Waals surface area (Å²) in [6, 6.07) is 5.07. The number of halogens is 2. The van der Waals surface area contributed by atoms with Gasteiger partial charge in [0, 0.05) is 12.1 Å². The maximum absolute atomic E-state index is 13.2. The van der Waals surface area contributed by atoms with Gasteiger partial charge in [-0.3, -0.25) is 0 Å². The molecule has 0 heterocycles. The lowest BCUT2D eigenvalue weighted by molar-refractivity contribution is 0.229. The first kappa shape index (κ1) is 11.0. The Kier molecular flexibility index (Phi) is 3.09. The number of hydrogen-bond acceptors (Lipinski definition) is 2. The third-order valence-corrected chi connectivity index (χ3v) is 3.45. The highest BCUT2D eigenvalue weighted by atomic mass is 79.9. The van der Waals surface area contributed by atoms with Crippen molar-refractivity contribution >= 4 is 15.9 Å². The summed E-state index contributed by atoms with van der Waals surface area (Å²) >= 11 is 3.11. The van der Waals surface area contributed by atoms with Gasteiger partial charge < -0.3 is 10.4 Å². The van der Waals surface area contributed by atoms with Crippen molar-refractivity contribution in [1.82, 2.24) is 5.32 Å². The molecule has 1 aliphatic rings. The molecule has 2 rings (SSSR count). The zero-order valence-electron chi connectivity index (χ0n) is 8.26. The summed E-state index contributed by atoms with van der Waals surface area (Å²) in [6.45, 7) is 0.761. The summed E-state index contributed by atoms with van der Waals surface area (Å²) in [6.07, 6.45) is 2.00. The molecule has 0 bridgehead atoms. The van der Waals surface area contributed by atoms with Crippen molar-refractivity contribution in [2.75, 3.05) is 6.61 Å². The Balaban J connectivity index is 1.96. The van der Waals surface area contributed by atoms with Crippen LogP contribution in [0.15, 0.2) is 22.7 Å². The van der Waals surface area contributed by atoms with Gasteiger partial charge in [0.15, 0.2) is 0 Å². The van der Waals surface area contributed by atoms with Gasteiger partial charge >= 0.3 is 0 Å². The van der Waals surface area contributed by atoms with Gasteiger partial charge in [0.1, 0.15) is 5.82 Å². The smallest absolute Gasteiger partial charge is 0.137 e. The molecule has 0 amide bonds. The van der Waals surface area contributed by atoms with Gasteiger partial charge in [0.2, 0.25) is 0 Å². The SMILES string of the molecule is OCC1(NCc2ccc(Br)c(F)c2)CC1. The van der Waals surface area contributed by atoms with Crippen molar-refractivity contribution in [1.29, 1.82) is 0 Å². The Morgan fingerprint density at radius 1 is 1.47 bits per heavy atom. The Morgan fingerprint density at radius 3 is 2.73 bits per heavy atom. The van der Waals surface area contributed by atoms with E-state index in [9.17, 15) is 4.39 Å². The van der Waals surface area contributed by atoms with E-state index in [1.165, 1.54) is 6.07 Å². The van der Waals surface area contributed by atoms with Crippen LogP contribution >= 0.6 is 15.9 Å². The number of nitrogens with one attached hydrogen (secondary N) is 1. The molecule has 2 N–H and O–H groups in total. The van der Waals surface area contributed by atoms with Crippen LogP contribution in [0, 0.1) is 5.82 Å². The zero-order chi connectivity index (χ0) is 10.9. The average molecular weight is 274 g/mol. The highest BCUT2D eigenvalue weighted by molar-refractivity contribution is 9.10. The van der Waals surface area contributed by atoms with Gasteiger partial charge in [0.25, 0.3) is 0 Å². The normalized spacial score (nSPS) is 17.8. The van der Waals surface area contributed by atoms with Gasteiger partial charge in [0.05, 0.1) is 11.1 Å². The summed E-state index contributed by atoms with van der Waals surface area (Å²) in [5.41, 5.74) is 0.805. The maximum atomic E-state index is 13.2. The number of benzene rings is 1. The molecule has 15 heavy (non-hydrogen) atoms. The fourth-order valence-electron chi connectivity index (χ4n) is 1.48. The van der Waals surface area contributed by atoms with Crippen LogP contribution in [0.3, 0.4) is 0 Å². The quantitative estimate of drug-likeness (QED) is 0.882. The summed E-state index contributed by atoms with van der Waals surface area (Å²) in [4.78, 5) is 0. The summed E-state index contributed by atoms with van der Waals surface area (Å²) < 4.78 is 13.7. The van der Waals surface area contributed by atoms with E-state index in [1.54, 1.807) is 6.07 Å². The third kappa shape index (κ3) is 2.56. The highest BCUT2D eigenvalue weighted by Gasteiger charge is 2.41. The molecule has 82 valence electrons. The number of rotatable bonds is 4. The molecule has 0 spiro atoms. The molecule has 1 aromatic carbocycles. The topological polar surface area (TPSA) is 32.3 Å². The highest BCUT2D eigenvalue weighted by Crippen LogP contribution is 2.34. The van der Waals surface area contributed by atoms with Crippen LogP contribution in [0.25, 0.3) is 0 Å². The first-order chi connectivity index (χ1) is 7.15. The van der Waals surface area contributed by atoms with E-state index < -0.39 is 0 Å². The lowest BCUT2D eigenvalue weighted by Gasteiger charge is -2.14. The fourth-order valence-corrected chi connectivity index (χ4v) is 1.73. The van der Waals surface area contributed by atoms with Crippen LogP contribution in [0.2, 0.25) is 0 Å². The first-order valence-electron chi connectivity index (χ1n) is 4.95. The van der Waals surface area contributed by atoms with Crippen molar-refractivity contribution in [3.8, 4) is 0 Å². The second-order valence-electron chi connectivity index (χ2n) is 4.04. The predicted octanol–water partition coefficient (Wildman–Crippen LogP) is 2.20. The minimum atomic E-state index is -0.247. The van der Waals surface area contributed by atoms with Gasteiger partial charge in [-0.2, -0.15) is 0 Å². The van der Waals surface area contributed by atoms with Gasteiger partial charge in [-0.15, -0.1) is 0 Å². The number of aliphatic hydroxyl groups is 1. The molecule has 0 aromatic heterocycles. The average Bonchev–Trinajstić information content (AvgIpc) is 3.01. The second-order valence-corrected chi connectivity index (χ2v) is 4.89. The zero-order valence-corrected chi connectivity index (χ0v) is 9.85.